The Morgan fingerprint density at radius 1 is 1.14 bits per heavy atom. The average Bonchev–Trinajstić information content (AvgIpc) is 3.54. The van der Waals surface area contributed by atoms with Crippen LogP contribution in [0.25, 0.3) is 21.3 Å². The summed E-state index contributed by atoms with van der Waals surface area (Å²) in [5.74, 6) is -0.705. The van der Waals surface area contributed by atoms with Crippen LogP contribution >= 0.6 is 11.3 Å². The van der Waals surface area contributed by atoms with Crippen molar-refractivity contribution >= 4 is 44.8 Å². The molecule has 2 amide bonds. The Hall–Kier alpha value is -4.38. The molecule has 37 heavy (non-hydrogen) atoms. The number of primary amides is 1. The van der Waals surface area contributed by atoms with Crippen LogP contribution in [0.15, 0.2) is 65.8 Å². The van der Waals surface area contributed by atoms with Crippen LogP contribution in [-0.4, -0.2) is 35.7 Å². The number of carbonyl (C=O) groups excluding carboxylic acids is 2. The number of methoxy groups -OCH3 is 1. The summed E-state index contributed by atoms with van der Waals surface area (Å²) in [6, 6.07) is 17.2. The second-order valence-corrected chi connectivity index (χ2v) is 9.16. The molecule has 0 radical (unpaired) electrons. The molecule has 0 aliphatic carbocycles. The van der Waals surface area contributed by atoms with E-state index in [2.05, 4.69) is 15.5 Å². The van der Waals surface area contributed by atoms with Crippen molar-refractivity contribution in [2.45, 2.75) is 19.0 Å². The molecule has 3 N–H and O–H groups in total. The van der Waals surface area contributed by atoms with Crippen molar-refractivity contribution < 1.29 is 27.9 Å². The monoisotopic (exact) mass is 522 g/mol. The van der Waals surface area contributed by atoms with Gasteiger partial charge in [0.2, 0.25) is 6.10 Å². The second-order valence-electron chi connectivity index (χ2n) is 8.17. The second kappa shape index (κ2) is 9.94. The van der Waals surface area contributed by atoms with E-state index in [-0.39, 0.29) is 21.8 Å². The number of carbonyl (C=O) groups is 2. The highest BCUT2D eigenvalue weighted by atomic mass is 32.1. The van der Waals surface area contributed by atoms with Gasteiger partial charge in [-0.2, -0.15) is 0 Å². The van der Waals surface area contributed by atoms with Gasteiger partial charge in [0, 0.05) is 11.8 Å². The summed E-state index contributed by atoms with van der Waals surface area (Å²) in [6.45, 7) is 0. The van der Waals surface area contributed by atoms with E-state index in [0.717, 1.165) is 16.9 Å². The first-order chi connectivity index (χ1) is 17.9. The first kappa shape index (κ1) is 24.3. The molecule has 0 bridgehead atoms. The minimum absolute atomic E-state index is 0.00580. The highest BCUT2D eigenvalue weighted by molar-refractivity contribution is 7.21. The molecule has 4 aromatic rings. The molecule has 0 saturated heterocycles. The fourth-order valence-electron chi connectivity index (χ4n) is 4.04. The summed E-state index contributed by atoms with van der Waals surface area (Å²) >= 11 is 0.843. The molecule has 8 nitrogen and oxygen atoms in total. The number of hydrogen-bond donors (Lipinski definition) is 2. The van der Waals surface area contributed by atoms with Crippen LogP contribution in [0.5, 0.6) is 5.75 Å². The Bertz CT molecular complexity index is 1520. The highest BCUT2D eigenvalue weighted by Crippen LogP contribution is 2.42. The average molecular weight is 523 g/mol. The van der Waals surface area contributed by atoms with Crippen LogP contribution in [0, 0.1) is 0 Å². The molecule has 1 atom stereocenters. The highest BCUT2D eigenvalue weighted by Gasteiger charge is 2.32. The number of oxime groups is 1. The van der Waals surface area contributed by atoms with Crippen LogP contribution in [0.4, 0.5) is 14.5 Å². The number of halogens is 2. The van der Waals surface area contributed by atoms with Crippen molar-refractivity contribution in [3.8, 4) is 16.9 Å². The summed E-state index contributed by atoms with van der Waals surface area (Å²) in [7, 11) is 1.56. The van der Waals surface area contributed by atoms with Crippen LogP contribution in [0.3, 0.4) is 0 Å². The van der Waals surface area contributed by atoms with E-state index in [9.17, 15) is 18.4 Å². The number of hydrogen-bond acceptors (Lipinski definition) is 7. The van der Waals surface area contributed by atoms with Crippen molar-refractivity contribution in [2.24, 2.45) is 10.9 Å². The van der Waals surface area contributed by atoms with Gasteiger partial charge in [-0.1, -0.05) is 35.5 Å². The topological polar surface area (TPSA) is 116 Å². The maximum Gasteiger partial charge on any atom is 0.280 e. The third-order valence-corrected chi connectivity index (χ3v) is 6.94. The summed E-state index contributed by atoms with van der Waals surface area (Å²) in [4.78, 5) is 35.1. The molecule has 188 valence electrons. The summed E-state index contributed by atoms with van der Waals surface area (Å²) in [5, 5.41) is 7.11. The Kier molecular flexibility index (Phi) is 6.53. The molecule has 1 aliphatic heterocycles. The number of amides is 2. The SMILES string of the molecule is COc1ccc(C2=NOC(C(=O)Nc3c(C(N)=O)sc4nc(C(F)F)cc(-c5ccccc5)c34)C2)cc1. The molecule has 0 saturated carbocycles. The number of nitrogens with zero attached hydrogens (tertiary/aromatic N) is 2. The first-order valence-electron chi connectivity index (χ1n) is 11.1. The van der Waals surface area contributed by atoms with Crippen molar-refractivity contribution in [3.05, 3.63) is 76.8 Å². The van der Waals surface area contributed by atoms with Crippen LogP contribution in [-0.2, 0) is 9.63 Å². The normalized spacial score (nSPS) is 14.9. The van der Waals surface area contributed by atoms with E-state index < -0.39 is 30.0 Å². The minimum Gasteiger partial charge on any atom is -0.497 e. The molecule has 1 unspecified atom stereocenters. The van der Waals surface area contributed by atoms with Crippen LogP contribution < -0.4 is 15.8 Å². The maximum absolute atomic E-state index is 13.6. The van der Waals surface area contributed by atoms with Gasteiger partial charge < -0.3 is 20.6 Å². The van der Waals surface area contributed by atoms with E-state index in [1.54, 1.807) is 61.7 Å². The fraction of sp³-hybridized carbons (Fsp3) is 0.154. The van der Waals surface area contributed by atoms with E-state index in [1.807, 2.05) is 0 Å². The van der Waals surface area contributed by atoms with Crippen molar-refractivity contribution in [1.82, 2.24) is 4.98 Å². The molecule has 0 spiro atoms. The number of anilines is 1. The zero-order valence-corrected chi connectivity index (χ0v) is 20.2. The summed E-state index contributed by atoms with van der Waals surface area (Å²) < 4.78 is 32.4. The third kappa shape index (κ3) is 4.73. The molecule has 2 aromatic carbocycles. The minimum atomic E-state index is -2.83. The molecule has 0 fully saturated rings. The van der Waals surface area contributed by atoms with Crippen LogP contribution in [0.1, 0.15) is 33.8 Å². The van der Waals surface area contributed by atoms with Gasteiger partial charge in [0.15, 0.2) is 0 Å². The van der Waals surface area contributed by atoms with E-state index >= 15 is 0 Å². The Balaban J connectivity index is 1.50. The number of alkyl halides is 2. The van der Waals surface area contributed by atoms with Gasteiger partial charge in [0.25, 0.3) is 18.2 Å². The van der Waals surface area contributed by atoms with Gasteiger partial charge in [-0.3, -0.25) is 9.59 Å². The van der Waals surface area contributed by atoms with Gasteiger partial charge in [0.1, 0.15) is 21.2 Å². The number of ether oxygens (including phenoxy) is 1. The number of fused-ring (bicyclic) bond motifs is 1. The summed E-state index contributed by atoms with van der Waals surface area (Å²) in [5.41, 5.74) is 7.60. The van der Waals surface area contributed by atoms with Crippen molar-refractivity contribution in [2.75, 3.05) is 12.4 Å². The number of thiophene rings is 1. The Morgan fingerprint density at radius 2 is 1.86 bits per heavy atom. The number of nitrogens with two attached hydrogens (primary N) is 1. The van der Waals surface area contributed by atoms with E-state index in [4.69, 9.17) is 15.3 Å². The summed E-state index contributed by atoms with van der Waals surface area (Å²) in [6.07, 6.45) is -3.61. The Labute approximate surface area is 213 Å². The largest absolute Gasteiger partial charge is 0.497 e. The third-order valence-electron chi connectivity index (χ3n) is 5.85. The number of nitrogens with one attached hydrogen (secondary N) is 1. The number of pyridine rings is 1. The molecular weight excluding hydrogens is 502 g/mol. The van der Waals surface area contributed by atoms with Crippen molar-refractivity contribution in [1.29, 1.82) is 0 Å². The van der Waals surface area contributed by atoms with E-state index in [1.165, 1.54) is 6.07 Å². The standard InChI is InChI=1S/C26H20F2N4O4S/c1-35-15-9-7-14(8-10-15)17-12-19(36-32-17)25(34)31-21-20-16(13-5-3-2-4-6-13)11-18(23(27)28)30-26(20)37-22(21)24(29)33/h2-11,19,23H,12H2,1H3,(H2,29,33)(H,31,34). The lowest BCUT2D eigenvalue weighted by atomic mass is 10.0. The zero-order valence-electron chi connectivity index (χ0n) is 19.4. The van der Waals surface area contributed by atoms with Gasteiger partial charge in [0.05, 0.1) is 18.5 Å². The smallest absolute Gasteiger partial charge is 0.280 e. The first-order valence-corrected chi connectivity index (χ1v) is 12.0. The fourth-order valence-corrected chi connectivity index (χ4v) is 5.06. The number of aromatic nitrogens is 1. The predicted molar refractivity (Wildman–Crippen MR) is 136 cm³/mol. The predicted octanol–water partition coefficient (Wildman–Crippen LogP) is 5.14. The Morgan fingerprint density at radius 3 is 2.51 bits per heavy atom. The molecular formula is C26H20F2N4O4S. The lowest BCUT2D eigenvalue weighted by Gasteiger charge is -2.13. The van der Waals surface area contributed by atoms with Gasteiger partial charge >= 0.3 is 0 Å². The van der Waals surface area contributed by atoms with Gasteiger partial charge in [-0.25, -0.2) is 13.8 Å². The van der Waals surface area contributed by atoms with E-state index in [0.29, 0.717) is 28.0 Å². The van der Waals surface area contributed by atoms with Gasteiger partial charge in [-0.05, 0) is 47.0 Å². The quantitative estimate of drug-likeness (QED) is 0.349. The lowest BCUT2D eigenvalue weighted by molar-refractivity contribution is -0.125. The molecule has 1 aliphatic rings. The lowest BCUT2D eigenvalue weighted by Crippen LogP contribution is -2.29. The maximum atomic E-state index is 13.6. The molecule has 2 aromatic heterocycles. The molecule has 11 heteroatoms. The number of benzene rings is 2. The zero-order chi connectivity index (χ0) is 26.1. The van der Waals surface area contributed by atoms with Crippen molar-refractivity contribution in [3.63, 3.8) is 0 Å². The number of rotatable bonds is 7. The molecule has 5 rings (SSSR count). The van der Waals surface area contributed by atoms with Gasteiger partial charge in [-0.15, -0.1) is 11.3 Å². The van der Waals surface area contributed by atoms with Crippen LogP contribution in [0.2, 0.25) is 0 Å². The molecule has 3 heterocycles.